The van der Waals surface area contributed by atoms with Crippen LogP contribution >= 0.6 is 47.8 Å². The molecule has 0 fully saturated rings. The predicted octanol–water partition coefficient (Wildman–Crippen LogP) is 3.32. The lowest BCUT2D eigenvalue weighted by Gasteiger charge is -2.02. The van der Waals surface area contributed by atoms with Crippen LogP contribution < -0.4 is 0 Å². The summed E-state index contributed by atoms with van der Waals surface area (Å²) in [6.45, 7) is 0. The molecule has 0 aromatic heterocycles. The topological polar surface area (TPSA) is 0 Å². The monoisotopic (exact) mass is 306 g/mol. The van der Waals surface area contributed by atoms with E-state index in [4.69, 9.17) is 0 Å². The van der Waals surface area contributed by atoms with Gasteiger partial charge in [0, 0.05) is 15.5 Å². The highest BCUT2D eigenvalue weighted by molar-refractivity contribution is 9.10. The van der Waals surface area contributed by atoms with E-state index in [0.717, 1.165) is 10.7 Å². The highest BCUT2D eigenvalue weighted by Gasteiger charge is 1.99. The highest BCUT2D eigenvalue weighted by atomic mass is 79.9. The van der Waals surface area contributed by atoms with Gasteiger partial charge in [-0.15, -0.1) is 0 Å². The van der Waals surface area contributed by atoms with E-state index in [1.54, 1.807) is 0 Å². The van der Waals surface area contributed by atoms with E-state index in [-0.39, 0.29) is 0 Å². The number of halogens is 3. The first-order chi connectivity index (χ1) is 3.81. The average Bonchev–Trinajstić information content (AvgIpc) is 1.68. The molecule has 0 aliphatic carbocycles. The van der Waals surface area contributed by atoms with Gasteiger partial charge in [-0.05, 0) is 12.8 Å². The molecule has 0 spiro atoms. The Kier molecular flexibility index (Phi) is 7.74. The Hall–Kier alpha value is 1.44. The summed E-state index contributed by atoms with van der Waals surface area (Å²) >= 11 is 10.3. The van der Waals surface area contributed by atoms with Crippen molar-refractivity contribution in [2.24, 2.45) is 0 Å². The van der Waals surface area contributed by atoms with Crippen LogP contribution in [0.2, 0.25) is 0 Å². The molecule has 8 heavy (non-hydrogen) atoms. The van der Waals surface area contributed by atoms with Crippen LogP contribution in [0.1, 0.15) is 12.8 Å². The summed E-state index contributed by atoms with van der Waals surface area (Å²) in [7, 11) is 0. The molecule has 0 rings (SSSR count). The van der Waals surface area contributed by atoms with E-state index in [1.807, 2.05) is 0 Å². The minimum atomic E-state index is 0.682. The summed E-state index contributed by atoms with van der Waals surface area (Å²) in [5, 5.41) is 2.19. The molecule has 0 saturated heterocycles. The lowest BCUT2D eigenvalue weighted by atomic mass is 10.3. The molecule has 0 unspecified atom stereocenters. The van der Waals surface area contributed by atoms with E-state index in [9.17, 15) is 0 Å². The van der Waals surface area contributed by atoms with Gasteiger partial charge in [-0.3, -0.25) is 0 Å². The molecule has 0 nitrogen and oxygen atoms in total. The van der Waals surface area contributed by atoms with E-state index in [0.29, 0.717) is 4.83 Å². The Morgan fingerprint density at radius 3 is 1.62 bits per heavy atom. The Morgan fingerprint density at radius 2 is 1.38 bits per heavy atom. The molecule has 0 aliphatic heterocycles. The SMILES string of the molecule is BrCCC(Br)CCBr. The van der Waals surface area contributed by atoms with Gasteiger partial charge in [-0.25, -0.2) is 0 Å². The van der Waals surface area contributed by atoms with Gasteiger partial charge in [-0.2, -0.15) is 0 Å². The van der Waals surface area contributed by atoms with Crippen molar-refractivity contribution in [1.29, 1.82) is 0 Å². The molecule has 3 heteroatoms. The first-order valence-electron chi connectivity index (χ1n) is 2.57. The van der Waals surface area contributed by atoms with Crippen molar-refractivity contribution in [1.82, 2.24) is 0 Å². The minimum absolute atomic E-state index is 0.682. The van der Waals surface area contributed by atoms with Gasteiger partial charge in [0.1, 0.15) is 0 Å². The lowest BCUT2D eigenvalue weighted by Crippen LogP contribution is -1.97. The number of alkyl halides is 3. The molecule has 0 aromatic rings. The van der Waals surface area contributed by atoms with Gasteiger partial charge >= 0.3 is 0 Å². The van der Waals surface area contributed by atoms with Crippen molar-refractivity contribution in [2.45, 2.75) is 17.7 Å². The Labute approximate surface area is 75.8 Å². The second-order valence-corrected chi connectivity index (χ2v) is 4.43. The van der Waals surface area contributed by atoms with E-state index < -0.39 is 0 Å². The molecule has 0 radical (unpaired) electrons. The molecule has 0 aromatic carbocycles. The van der Waals surface area contributed by atoms with Crippen molar-refractivity contribution in [3.05, 3.63) is 0 Å². The molecule has 0 saturated carbocycles. The van der Waals surface area contributed by atoms with Gasteiger partial charge in [0.2, 0.25) is 0 Å². The molecule has 0 amide bonds. The van der Waals surface area contributed by atoms with E-state index >= 15 is 0 Å². The molecular weight excluding hydrogens is 300 g/mol. The van der Waals surface area contributed by atoms with Crippen molar-refractivity contribution in [2.75, 3.05) is 10.7 Å². The van der Waals surface area contributed by atoms with Crippen molar-refractivity contribution in [3.8, 4) is 0 Å². The third-order valence-electron chi connectivity index (χ3n) is 0.845. The van der Waals surface area contributed by atoms with Crippen LogP contribution in [0.4, 0.5) is 0 Å². The van der Waals surface area contributed by atoms with Crippen LogP contribution in [0.3, 0.4) is 0 Å². The Bertz CT molecular complexity index is 40.9. The zero-order chi connectivity index (χ0) is 6.41. The number of hydrogen-bond acceptors (Lipinski definition) is 0. The van der Waals surface area contributed by atoms with Gasteiger partial charge in [0.05, 0.1) is 0 Å². The fourth-order valence-electron chi connectivity index (χ4n) is 0.381. The van der Waals surface area contributed by atoms with Crippen LogP contribution in [-0.4, -0.2) is 15.5 Å². The molecule has 0 heterocycles. The standard InChI is InChI=1S/C5H9Br3/c6-3-1-5(8)2-4-7/h5H,1-4H2. The molecular formula is C5H9Br3. The zero-order valence-corrected chi connectivity index (χ0v) is 9.30. The van der Waals surface area contributed by atoms with Gasteiger partial charge in [-0.1, -0.05) is 47.8 Å². The smallest absolute Gasteiger partial charge is 0.0161 e. The van der Waals surface area contributed by atoms with Crippen LogP contribution in [0, 0.1) is 0 Å². The maximum Gasteiger partial charge on any atom is 0.0161 e. The summed E-state index contributed by atoms with van der Waals surface area (Å²) in [6.07, 6.45) is 2.43. The molecule has 50 valence electrons. The third-order valence-corrected chi connectivity index (χ3v) is 2.68. The molecule has 0 aliphatic rings. The Morgan fingerprint density at radius 1 is 1.00 bits per heavy atom. The number of rotatable bonds is 4. The van der Waals surface area contributed by atoms with Crippen LogP contribution in [0.15, 0.2) is 0 Å². The molecule has 0 bridgehead atoms. The van der Waals surface area contributed by atoms with E-state index in [2.05, 4.69) is 47.8 Å². The summed E-state index contributed by atoms with van der Waals surface area (Å²) in [6, 6.07) is 0. The molecule has 0 N–H and O–H groups in total. The Balaban J connectivity index is 2.92. The van der Waals surface area contributed by atoms with Crippen LogP contribution in [0.25, 0.3) is 0 Å². The highest BCUT2D eigenvalue weighted by Crippen LogP contribution is 2.12. The first kappa shape index (κ1) is 9.44. The first-order valence-corrected chi connectivity index (χ1v) is 5.73. The van der Waals surface area contributed by atoms with Gasteiger partial charge in [0.15, 0.2) is 0 Å². The summed E-state index contributed by atoms with van der Waals surface area (Å²) < 4.78 is 0. The van der Waals surface area contributed by atoms with Crippen LogP contribution in [0.5, 0.6) is 0 Å². The van der Waals surface area contributed by atoms with Gasteiger partial charge in [0.25, 0.3) is 0 Å². The minimum Gasteiger partial charge on any atom is -0.0928 e. The zero-order valence-electron chi connectivity index (χ0n) is 4.54. The van der Waals surface area contributed by atoms with Gasteiger partial charge < -0.3 is 0 Å². The lowest BCUT2D eigenvalue weighted by molar-refractivity contribution is 0.827. The summed E-state index contributed by atoms with van der Waals surface area (Å²) in [4.78, 5) is 0.682. The second kappa shape index (κ2) is 6.56. The van der Waals surface area contributed by atoms with Crippen molar-refractivity contribution < 1.29 is 0 Å². The maximum absolute atomic E-state index is 3.54. The maximum atomic E-state index is 3.54. The van der Waals surface area contributed by atoms with Crippen LogP contribution in [-0.2, 0) is 0 Å². The predicted molar refractivity (Wildman–Crippen MR) is 49.5 cm³/mol. The fourth-order valence-corrected chi connectivity index (χ4v) is 3.17. The normalized spacial score (nSPS) is 10.5. The summed E-state index contributed by atoms with van der Waals surface area (Å²) in [5.41, 5.74) is 0. The number of hydrogen-bond donors (Lipinski definition) is 0. The fraction of sp³-hybridized carbons (Fsp3) is 1.00. The molecule has 0 atom stereocenters. The van der Waals surface area contributed by atoms with Crippen molar-refractivity contribution >= 4 is 47.8 Å². The summed E-state index contributed by atoms with van der Waals surface area (Å²) in [5.74, 6) is 0. The second-order valence-electron chi connectivity index (χ2n) is 1.55. The van der Waals surface area contributed by atoms with Crippen molar-refractivity contribution in [3.63, 3.8) is 0 Å². The van der Waals surface area contributed by atoms with E-state index in [1.165, 1.54) is 12.8 Å². The quantitative estimate of drug-likeness (QED) is 0.699. The average molecular weight is 309 g/mol. The third kappa shape index (κ3) is 5.57. The largest absolute Gasteiger partial charge is 0.0928 e.